The van der Waals surface area contributed by atoms with Gasteiger partial charge in [-0.1, -0.05) is 35.0 Å². The van der Waals surface area contributed by atoms with Gasteiger partial charge in [0.1, 0.15) is 0 Å². The number of rotatable bonds is 4. The average Bonchev–Trinajstić information content (AvgIpc) is 2.76. The highest BCUT2D eigenvalue weighted by molar-refractivity contribution is 9.10. The minimum atomic E-state index is -0.168. The predicted molar refractivity (Wildman–Crippen MR) is 68.5 cm³/mol. The Labute approximate surface area is 108 Å². The van der Waals surface area contributed by atoms with Gasteiger partial charge in [-0.15, -0.1) is 10.2 Å². The molecule has 0 aliphatic carbocycles. The van der Waals surface area contributed by atoms with E-state index < -0.39 is 0 Å². The molecule has 5 heteroatoms. The minimum absolute atomic E-state index is 0.168. The summed E-state index contributed by atoms with van der Waals surface area (Å²) >= 11 is 3.43. The first-order chi connectivity index (χ1) is 8.19. The van der Waals surface area contributed by atoms with Crippen LogP contribution in [0.25, 0.3) is 0 Å². The van der Waals surface area contributed by atoms with Crippen molar-refractivity contribution in [2.75, 3.05) is 0 Å². The fourth-order valence-corrected chi connectivity index (χ4v) is 1.93. The fourth-order valence-electron chi connectivity index (χ4n) is 1.48. The van der Waals surface area contributed by atoms with Crippen LogP contribution in [-0.4, -0.2) is 10.2 Å². The molecule has 1 aromatic carbocycles. The van der Waals surface area contributed by atoms with E-state index in [1.54, 1.807) is 0 Å². The molecule has 2 aromatic rings. The molecule has 4 nitrogen and oxygen atoms in total. The molecular weight excluding hydrogens is 282 g/mol. The Morgan fingerprint density at radius 2 is 2.24 bits per heavy atom. The Kier molecular flexibility index (Phi) is 3.91. The average molecular weight is 296 g/mol. The van der Waals surface area contributed by atoms with Gasteiger partial charge in [0, 0.05) is 4.47 Å². The van der Waals surface area contributed by atoms with Crippen molar-refractivity contribution in [1.82, 2.24) is 10.2 Å². The zero-order valence-electron chi connectivity index (χ0n) is 9.56. The van der Waals surface area contributed by atoms with E-state index in [0.717, 1.165) is 16.5 Å². The summed E-state index contributed by atoms with van der Waals surface area (Å²) in [6.45, 7) is 1.99. The maximum absolute atomic E-state index is 5.82. The second kappa shape index (κ2) is 5.42. The van der Waals surface area contributed by atoms with E-state index in [1.807, 2.05) is 31.2 Å². The number of halogens is 1. The molecule has 1 unspecified atom stereocenters. The second-order valence-corrected chi connectivity index (χ2v) is 4.77. The van der Waals surface area contributed by atoms with Gasteiger partial charge in [0.25, 0.3) is 0 Å². The Morgan fingerprint density at radius 1 is 1.41 bits per heavy atom. The fraction of sp³-hybridized carbons (Fsp3) is 0.333. The third kappa shape index (κ3) is 3.14. The van der Waals surface area contributed by atoms with Crippen LogP contribution in [0, 0.1) is 0 Å². The molecule has 1 atom stereocenters. The van der Waals surface area contributed by atoms with E-state index in [9.17, 15) is 0 Å². The number of aromatic nitrogens is 2. The highest BCUT2D eigenvalue weighted by Gasteiger charge is 2.12. The Morgan fingerprint density at radius 3 is 2.94 bits per heavy atom. The summed E-state index contributed by atoms with van der Waals surface area (Å²) in [7, 11) is 0. The zero-order chi connectivity index (χ0) is 12.3. The molecule has 0 amide bonds. The summed E-state index contributed by atoms with van der Waals surface area (Å²) < 4.78 is 6.56. The van der Waals surface area contributed by atoms with Crippen LogP contribution in [0.3, 0.4) is 0 Å². The molecule has 1 aromatic heterocycles. The standard InChI is InChI=1S/C12H14BrN3O/c1-2-10(14)12-16-15-11(17-12)7-8-4-3-5-9(13)6-8/h3-6,10H,2,7,14H2,1H3. The summed E-state index contributed by atoms with van der Waals surface area (Å²) in [4.78, 5) is 0. The van der Waals surface area contributed by atoms with E-state index >= 15 is 0 Å². The van der Waals surface area contributed by atoms with Gasteiger partial charge in [0.05, 0.1) is 12.5 Å². The molecule has 0 saturated carbocycles. The summed E-state index contributed by atoms with van der Waals surface area (Å²) in [5, 5.41) is 7.95. The van der Waals surface area contributed by atoms with Crippen molar-refractivity contribution in [2.45, 2.75) is 25.8 Å². The molecular formula is C12H14BrN3O. The van der Waals surface area contributed by atoms with Crippen molar-refractivity contribution in [3.8, 4) is 0 Å². The normalized spacial score (nSPS) is 12.6. The summed E-state index contributed by atoms with van der Waals surface area (Å²) in [5.41, 5.74) is 6.95. The number of nitrogens with zero attached hydrogens (tertiary/aromatic N) is 2. The van der Waals surface area contributed by atoms with Crippen LogP contribution in [0.5, 0.6) is 0 Å². The molecule has 0 saturated heterocycles. The second-order valence-electron chi connectivity index (χ2n) is 3.86. The number of benzene rings is 1. The maximum atomic E-state index is 5.82. The van der Waals surface area contributed by atoms with Crippen LogP contribution in [0.1, 0.15) is 36.7 Å². The number of hydrogen-bond donors (Lipinski definition) is 1. The van der Waals surface area contributed by atoms with Gasteiger partial charge >= 0.3 is 0 Å². The van der Waals surface area contributed by atoms with Crippen molar-refractivity contribution in [1.29, 1.82) is 0 Å². The lowest BCUT2D eigenvalue weighted by atomic mass is 10.1. The Hall–Kier alpha value is -1.20. The quantitative estimate of drug-likeness (QED) is 0.942. The van der Waals surface area contributed by atoms with Crippen LogP contribution in [0.15, 0.2) is 33.2 Å². The predicted octanol–water partition coefficient (Wildman–Crippen LogP) is 2.83. The molecule has 2 rings (SSSR count). The van der Waals surface area contributed by atoms with E-state index in [4.69, 9.17) is 10.2 Å². The smallest absolute Gasteiger partial charge is 0.233 e. The van der Waals surface area contributed by atoms with Crippen LogP contribution in [0.4, 0.5) is 0 Å². The lowest BCUT2D eigenvalue weighted by Gasteiger charge is -2.00. The molecule has 0 aliphatic heterocycles. The summed E-state index contributed by atoms with van der Waals surface area (Å²) in [6, 6.07) is 7.85. The van der Waals surface area contributed by atoms with Crippen molar-refractivity contribution < 1.29 is 4.42 Å². The lowest BCUT2D eigenvalue weighted by Crippen LogP contribution is -2.08. The van der Waals surface area contributed by atoms with Crippen molar-refractivity contribution in [2.24, 2.45) is 5.73 Å². The van der Waals surface area contributed by atoms with E-state index in [0.29, 0.717) is 18.2 Å². The van der Waals surface area contributed by atoms with Gasteiger partial charge in [0.15, 0.2) is 0 Å². The zero-order valence-corrected chi connectivity index (χ0v) is 11.1. The molecule has 0 radical (unpaired) electrons. The molecule has 90 valence electrons. The molecule has 0 fully saturated rings. The number of hydrogen-bond acceptors (Lipinski definition) is 4. The lowest BCUT2D eigenvalue weighted by molar-refractivity contribution is 0.418. The van der Waals surface area contributed by atoms with Crippen LogP contribution < -0.4 is 5.73 Å². The molecule has 2 N–H and O–H groups in total. The van der Waals surface area contributed by atoms with Gasteiger partial charge < -0.3 is 10.2 Å². The molecule has 0 spiro atoms. The maximum Gasteiger partial charge on any atom is 0.233 e. The van der Waals surface area contributed by atoms with Gasteiger partial charge in [-0.25, -0.2) is 0 Å². The molecule has 0 bridgehead atoms. The largest absolute Gasteiger partial charge is 0.423 e. The first-order valence-corrected chi connectivity index (χ1v) is 6.30. The van der Waals surface area contributed by atoms with Crippen molar-refractivity contribution in [3.05, 3.63) is 46.1 Å². The van der Waals surface area contributed by atoms with E-state index in [-0.39, 0.29) is 6.04 Å². The topological polar surface area (TPSA) is 64.9 Å². The third-order valence-corrected chi connectivity index (χ3v) is 2.98. The first kappa shape index (κ1) is 12.3. The first-order valence-electron chi connectivity index (χ1n) is 5.51. The van der Waals surface area contributed by atoms with Crippen molar-refractivity contribution >= 4 is 15.9 Å². The highest BCUT2D eigenvalue weighted by atomic mass is 79.9. The SMILES string of the molecule is CCC(N)c1nnc(Cc2cccc(Br)c2)o1. The number of nitrogens with two attached hydrogens (primary N) is 1. The molecule has 1 heterocycles. The monoisotopic (exact) mass is 295 g/mol. The third-order valence-electron chi connectivity index (χ3n) is 2.48. The van der Waals surface area contributed by atoms with Crippen molar-refractivity contribution in [3.63, 3.8) is 0 Å². The van der Waals surface area contributed by atoms with Crippen LogP contribution in [0.2, 0.25) is 0 Å². The van der Waals surface area contributed by atoms with Gasteiger partial charge in [-0.05, 0) is 24.1 Å². The van der Waals surface area contributed by atoms with Gasteiger partial charge in [0.2, 0.25) is 11.8 Å². The molecule has 0 aliphatic rings. The van der Waals surface area contributed by atoms with Crippen LogP contribution in [-0.2, 0) is 6.42 Å². The summed E-state index contributed by atoms with van der Waals surface area (Å²) in [6.07, 6.45) is 1.42. The Balaban J connectivity index is 2.11. The van der Waals surface area contributed by atoms with E-state index in [1.165, 1.54) is 0 Å². The molecule has 17 heavy (non-hydrogen) atoms. The van der Waals surface area contributed by atoms with Crippen LogP contribution >= 0.6 is 15.9 Å². The Bertz CT molecular complexity index is 498. The van der Waals surface area contributed by atoms with E-state index in [2.05, 4.69) is 26.1 Å². The highest BCUT2D eigenvalue weighted by Crippen LogP contribution is 2.17. The van der Waals surface area contributed by atoms with Gasteiger partial charge in [-0.2, -0.15) is 0 Å². The summed E-state index contributed by atoms with van der Waals surface area (Å²) in [5.74, 6) is 1.11. The van der Waals surface area contributed by atoms with Gasteiger partial charge in [-0.3, -0.25) is 0 Å². The minimum Gasteiger partial charge on any atom is -0.423 e.